The topological polar surface area (TPSA) is 0 Å². The van der Waals surface area contributed by atoms with Gasteiger partial charge in [-0.1, -0.05) is 60.3 Å². The molecule has 85 valence electrons. The highest BCUT2D eigenvalue weighted by molar-refractivity contribution is 4.76. The third-order valence-electron chi connectivity index (χ3n) is 3.15. The van der Waals surface area contributed by atoms with Gasteiger partial charge in [-0.15, -0.1) is 0 Å². The molecule has 0 aromatic rings. The van der Waals surface area contributed by atoms with Crippen LogP contribution in [-0.2, 0) is 0 Å². The molecule has 0 aliphatic carbocycles. The number of hydrogen-bond donors (Lipinski definition) is 0. The van der Waals surface area contributed by atoms with Gasteiger partial charge >= 0.3 is 0 Å². The lowest BCUT2D eigenvalue weighted by Crippen LogP contribution is -2.15. The van der Waals surface area contributed by atoms with E-state index in [-0.39, 0.29) is 0 Å². The summed E-state index contributed by atoms with van der Waals surface area (Å²) in [6, 6.07) is 0. The van der Waals surface area contributed by atoms with Gasteiger partial charge in [0.15, 0.2) is 0 Å². The normalized spacial score (nSPS) is 14.4. The van der Waals surface area contributed by atoms with Crippen LogP contribution >= 0.6 is 0 Å². The average Bonchev–Trinajstić information content (AvgIpc) is 2.12. The Bertz CT molecular complexity index is 124. The quantitative estimate of drug-likeness (QED) is 0.467. The SMILES string of the molecule is C[CH]C(C)CC(C)(C)CCCCCC. The van der Waals surface area contributed by atoms with Crippen molar-refractivity contribution in [2.24, 2.45) is 11.3 Å². The van der Waals surface area contributed by atoms with Gasteiger partial charge in [0.1, 0.15) is 0 Å². The first-order valence-electron chi connectivity index (χ1n) is 6.31. The molecule has 1 unspecified atom stereocenters. The molecule has 0 rings (SSSR count). The minimum absolute atomic E-state index is 0.541. The summed E-state index contributed by atoms with van der Waals surface area (Å²) in [5, 5.41) is 0. The van der Waals surface area contributed by atoms with Crippen LogP contribution in [0.5, 0.6) is 0 Å². The molecule has 14 heavy (non-hydrogen) atoms. The smallest absolute Gasteiger partial charge is 0.0352 e. The molecular weight excluding hydrogens is 168 g/mol. The second kappa shape index (κ2) is 7.31. The standard InChI is InChI=1S/C14H29/c1-6-8-9-10-11-14(4,5)12-13(3)7-2/h7,13H,6,8-12H2,1-5H3. The maximum Gasteiger partial charge on any atom is -0.0352 e. The average molecular weight is 197 g/mol. The van der Waals surface area contributed by atoms with E-state index in [0.717, 1.165) is 5.92 Å². The van der Waals surface area contributed by atoms with Crippen molar-refractivity contribution in [1.82, 2.24) is 0 Å². The Morgan fingerprint density at radius 3 is 2.29 bits per heavy atom. The van der Waals surface area contributed by atoms with Gasteiger partial charge in [-0.2, -0.15) is 0 Å². The zero-order valence-corrected chi connectivity index (χ0v) is 10.9. The lowest BCUT2D eigenvalue weighted by atomic mass is 9.78. The van der Waals surface area contributed by atoms with Crippen LogP contribution in [0.25, 0.3) is 0 Å². The number of rotatable bonds is 8. The maximum atomic E-state index is 2.42. The minimum Gasteiger partial charge on any atom is -0.0654 e. The summed E-state index contributed by atoms with van der Waals surface area (Å²) >= 11 is 0. The van der Waals surface area contributed by atoms with Crippen LogP contribution < -0.4 is 0 Å². The molecule has 0 aromatic heterocycles. The Labute approximate surface area is 91.5 Å². The molecule has 0 heterocycles. The zero-order valence-electron chi connectivity index (χ0n) is 10.9. The first-order valence-corrected chi connectivity index (χ1v) is 6.31. The van der Waals surface area contributed by atoms with E-state index in [1.807, 2.05) is 0 Å². The minimum atomic E-state index is 0.541. The van der Waals surface area contributed by atoms with Crippen molar-refractivity contribution in [2.75, 3.05) is 0 Å². The first-order chi connectivity index (χ1) is 6.52. The van der Waals surface area contributed by atoms with Crippen molar-refractivity contribution in [3.8, 4) is 0 Å². The summed E-state index contributed by atoms with van der Waals surface area (Å²) in [7, 11) is 0. The second-order valence-corrected chi connectivity index (χ2v) is 5.49. The van der Waals surface area contributed by atoms with Crippen molar-refractivity contribution in [1.29, 1.82) is 0 Å². The summed E-state index contributed by atoms with van der Waals surface area (Å²) in [6.07, 6.45) is 10.7. The van der Waals surface area contributed by atoms with Gasteiger partial charge in [0, 0.05) is 0 Å². The highest BCUT2D eigenvalue weighted by atomic mass is 14.2. The van der Waals surface area contributed by atoms with Gasteiger partial charge in [0.2, 0.25) is 0 Å². The van der Waals surface area contributed by atoms with Gasteiger partial charge in [0.05, 0.1) is 0 Å². The van der Waals surface area contributed by atoms with E-state index in [4.69, 9.17) is 0 Å². The monoisotopic (exact) mass is 197 g/mol. The van der Waals surface area contributed by atoms with Crippen molar-refractivity contribution in [3.63, 3.8) is 0 Å². The molecule has 0 spiro atoms. The van der Waals surface area contributed by atoms with Gasteiger partial charge in [-0.25, -0.2) is 0 Å². The van der Waals surface area contributed by atoms with Crippen molar-refractivity contribution in [3.05, 3.63) is 6.42 Å². The molecule has 0 aliphatic rings. The van der Waals surface area contributed by atoms with E-state index in [0.29, 0.717) is 5.41 Å². The van der Waals surface area contributed by atoms with Gasteiger partial charge in [-0.3, -0.25) is 0 Å². The van der Waals surface area contributed by atoms with Crippen LogP contribution in [0.1, 0.15) is 73.1 Å². The Hall–Kier alpha value is 0. The highest BCUT2D eigenvalue weighted by Gasteiger charge is 2.19. The van der Waals surface area contributed by atoms with Crippen molar-refractivity contribution in [2.45, 2.75) is 73.1 Å². The molecule has 0 nitrogen and oxygen atoms in total. The van der Waals surface area contributed by atoms with E-state index in [1.165, 1.54) is 38.5 Å². The van der Waals surface area contributed by atoms with Crippen LogP contribution in [0.4, 0.5) is 0 Å². The molecule has 0 saturated heterocycles. The Kier molecular flexibility index (Phi) is 7.31. The van der Waals surface area contributed by atoms with E-state index in [1.54, 1.807) is 0 Å². The summed E-state index contributed by atoms with van der Waals surface area (Å²) in [4.78, 5) is 0. The Morgan fingerprint density at radius 2 is 1.79 bits per heavy atom. The fourth-order valence-corrected chi connectivity index (χ4v) is 2.12. The fraction of sp³-hybridized carbons (Fsp3) is 0.929. The first kappa shape index (κ1) is 14.0. The molecule has 1 radical (unpaired) electrons. The van der Waals surface area contributed by atoms with E-state index < -0.39 is 0 Å². The number of unbranched alkanes of at least 4 members (excludes halogenated alkanes) is 3. The largest absolute Gasteiger partial charge is 0.0654 e. The highest BCUT2D eigenvalue weighted by Crippen LogP contribution is 2.32. The molecule has 0 bridgehead atoms. The number of hydrogen-bond acceptors (Lipinski definition) is 0. The molecule has 0 N–H and O–H groups in total. The van der Waals surface area contributed by atoms with Crippen LogP contribution in [0.2, 0.25) is 0 Å². The zero-order chi connectivity index (χ0) is 11.0. The predicted octanol–water partition coefficient (Wildman–Crippen LogP) is 5.23. The van der Waals surface area contributed by atoms with Gasteiger partial charge < -0.3 is 0 Å². The Balaban J connectivity index is 3.60. The van der Waals surface area contributed by atoms with Crippen molar-refractivity contribution < 1.29 is 0 Å². The Morgan fingerprint density at radius 1 is 1.14 bits per heavy atom. The predicted molar refractivity (Wildman–Crippen MR) is 66.3 cm³/mol. The van der Waals surface area contributed by atoms with Crippen LogP contribution in [0, 0.1) is 17.8 Å². The van der Waals surface area contributed by atoms with Crippen LogP contribution in [-0.4, -0.2) is 0 Å². The van der Waals surface area contributed by atoms with Crippen LogP contribution in [0.15, 0.2) is 0 Å². The van der Waals surface area contributed by atoms with E-state index in [9.17, 15) is 0 Å². The molecule has 0 heteroatoms. The summed E-state index contributed by atoms with van der Waals surface area (Å²) in [5.74, 6) is 0.774. The fourth-order valence-electron chi connectivity index (χ4n) is 2.12. The third kappa shape index (κ3) is 7.41. The third-order valence-corrected chi connectivity index (χ3v) is 3.15. The van der Waals surface area contributed by atoms with E-state index >= 15 is 0 Å². The molecule has 1 atom stereocenters. The van der Waals surface area contributed by atoms with Crippen LogP contribution in [0.3, 0.4) is 0 Å². The van der Waals surface area contributed by atoms with Gasteiger partial charge in [-0.05, 0) is 30.6 Å². The maximum absolute atomic E-state index is 2.42. The summed E-state index contributed by atoms with van der Waals surface area (Å²) in [5.41, 5.74) is 0.541. The molecule has 0 fully saturated rings. The van der Waals surface area contributed by atoms with Crippen molar-refractivity contribution >= 4 is 0 Å². The molecular formula is C14H29. The van der Waals surface area contributed by atoms with E-state index in [2.05, 4.69) is 41.0 Å². The summed E-state index contributed by atoms with van der Waals surface area (Å²) in [6.45, 7) is 11.6. The second-order valence-electron chi connectivity index (χ2n) is 5.49. The lowest BCUT2D eigenvalue weighted by molar-refractivity contribution is 0.261. The summed E-state index contributed by atoms with van der Waals surface area (Å²) < 4.78 is 0. The molecule has 0 saturated carbocycles. The molecule has 0 amide bonds. The molecule has 0 aliphatic heterocycles. The van der Waals surface area contributed by atoms with Gasteiger partial charge in [0.25, 0.3) is 0 Å². The lowest BCUT2D eigenvalue weighted by Gasteiger charge is -2.27. The molecule has 0 aromatic carbocycles.